The molecule has 1 aromatic carbocycles. The van der Waals surface area contributed by atoms with Gasteiger partial charge in [-0.25, -0.2) is 0 Å². The van der Waals surface area contributed by atoms with Crippen LogP contribution in [0.25, 0.3) is 0 Å². The molecule has 2 aromatic rings. The van der Waals surface area contributed by atoms with Gasteiger partial charge >= 0.3 is 0 Å². The van der Waals surface area contributed by atoms with Crippen LogP contribution in [0.5, 0.6) is 0 Å². The fraction of sp³-hybridized carbons (Fsp3) is 0.294. The summed E-state index contributed by atoms with van der Waals surface area (Å²) in [5.41, 5.74) is 3.73. The first-order valence-electron chi connectivity index (χ1n) is 6.95. The molecule has 0 aliphatic heterocycles. The summed E-state index contributed by atoms with van der Waals surface area (Å²) in [6.07, 6.45) is 0. The number of rotatable bonds is 5. The molecule has 108 valence electrons. The molecule has 0 N–H and O–H groups in total. The highest BCUT2D eigenvalue weighted by atomic mass is 32.2. The first-order chi connectivity index (χ1) is 10.2. The molecule has 0 radical (unpaired) electrons. The second-order valence-corrected chi connectivity index (χ2v) is 6.13. The second-order valence-electron chi connectivity index (χ2n) is 4.82. The Kier molecular flexibility index (Phi) is 5.24. The zero-order valence-corrected chi connectivity index (χ0v) is 13.4. The van der Waals surface area contributed by atoms with E-state index in [1.165, 1.54) is 0 Å². The maximum atomic E-state index is 9.48. The van der Waals surface area contributed by atoms with Crippen molar-refractivity contribution in [2.75, 3.05) is 17.7 Å². The van der Waals surface area contributed by atoms with E-state index < -0.39 is 0 Å². The van der Waals surface area contributed by atoms with Crippen LogP contribution in [-0.2, 0) is 6.54 Å². The van der Waals surface area contributed by atoms with Gasteiger partial charge in [0.1, 0.15) is 6.07 Å². The summed E-state index contributed by atoms with van der Waals surface area (Å²) >= 11 is 1.70. The molecule has 4 heteroatoms. The van der Waals surface area contributed by atoms with Crippen molar-refractivity contribution in [1.29, 1.82) is 5.26 Å². The van der Waals surface area contributed by atoms with Crippen LogP contribution in [0.1, 0.15) is 23.9 Å². The van der Waals surface area contributed by atoms with Crippen LogP contribution in [0, 0.1) is 18.3 Å². The van der Waals surface area contributed by atoms with Gasteiger partial charge < -0.3 is 4.90 Å². The number of aromatic nitrogens is 1. The summed E-state index contributed by atoms with van der Waals surface area (Å²) in [5, 5.41) is 9.48. The summed E-state index contributed by atoms with van der Waals surface area (Å²) in [4.78, 5) is 7.65. The van der Waals surface area contributed by atoms with Crippen LogP contribution in [0.3, 0.4) is 0 Å². The normalized spacial score (nSPS) is 10.2. The van der Waals surface area contributed by atoms with Crippen LogP contribution in [0.2, 0.25) is 0 Å². The van der Waals surface area contributed by atoms with Crippen LogP contribution in [-0.4, -0.2) is 17.8 Å². The number of anilines is 1. The fourth-order valence-corrected chi connectivity index (χ4v) is 3.02. The van der Waals surface area contributed by atoms with Crippen molar-refractivity contribution in [1.82, 2.24) is 4.98 Å². The zero-order chi connectivity index (χ0) is 15.2. The Labute approximate surface area is 130 Å². The predicted molar refractivity (Wildman–Crippen MR) is 88.6 cm³/mol. The minimum Gasteiger partial charge on any atom is -0.368 e. The SMILES string of the molecule is CCSc1cccc(N(C)Cc2cccc(C)n2)c1C#N. The van der Waals surface area contributed by atoms with Gasteiger partial charge in [-0.3, -0.25) is 4.98 Å². The minimum atomic E-state index is 0.691. The lowest BCUT2D eigenvalue weighted by molar-refractivity contribution is 0.873. The maximum Gasteiger partial charge on any atom is 0.103 e. The summed E-state index contributed by atoms with van der Waals surface area (Å²) in [7, 11) is 2.00. The standard InChI is InChI=1S/C17H19N3S/c1-4-21-17-10-6-9-16(15(17)11-18)20(3)12-14-8-5-7-13(2)19-14/h5-10H,4,12H2,1-3H3. The van der Waals surface area contributed by atoms with Crippen molar-refractivity contribution in [3.05, 3.63) is 53.3 Å². The topological polar surface area (TPSA) is 39.9 Å². The Balaban J connectivity index is 2.29. The molecule has 2 rings (SSSR count). The molecule has 0 atom stereocenters. The number of thioether (sulfide) groups is 1. The molecule has 0 unspecified atom stereocenters. The molecule has 3 nitrogen and oxygen atoms in total. The number of hydrogen-bond donors (Lipinski definition) is 0. The van der Waals surface area contributed by atoms with Gasteiger partial charge in [0, 0.05) is 17.6 Å². The number of hydrogen-bond acceptors (Lipinski definition) is 4. The van der Waals surface area contributed by atoms with Crippen LogP contribution in [0.4, 0.5) is 5.69 Å². The predicted octanol–water partition coefficient (Wildman–Crippen LogP) is 4.01. The average Bonchev–Trinajstić information content (AvgIpc) is 2.47. The van der Waals surface area contributed by atoms with Crippen LogP contribution in [0.15, 0.2) is 41.3 Å². The van der Waals surface area contributed by atoms with Crippen molar-refractivity contribution < 1.29 is 0 Å². The Bertz CT molecular complexity index is 661. The van der Waals surface area contributed by atoms with E-state index >= 15 is 0 Å². The molecule has 0 bridgehead atoms. The van der Waals surface area contributed by atoms with Crippen molar-refractivity contribution in [3.8, 4) is 6.07 Å². The highest BCUT2D eigenvalue weighted by Gasteiger charge is 2.12. The average molecular weight is 297 g/mol. The van der Waals surface area contributed by atoms with Gasteiger partial charge in [-0.1, -0.05) is 19.1 Å². The van der Waals surface area contributed by atoms with Gasteiger partial charge in [-0.15, -0.1) is 11.8 Å². The van der Waals surface area contributed by atoms with Gasteiger partial charge in [-0.05, 0) is 36.9 Å². The molecule has 0 spiro atoms. The Hall–Kier alpha value is -1.99. The van der Waals surface area contributed by atoms with E-state index in [-0.39, 0.29) is 0 Å². The molecule has 0 aliphatic carbocycles. The third-order valence-corrected chi connectivity index (χ3v) is 4.11. The van der Waals surface area contributed by atoms with E-state index in [9.17, 15) is 5.26 Å². The molecule has 0 fully saturated rings. The lowest BCUT2D eigenvalue weighted by Crippen LogP contribution is -2.18. The minimum absolute atomic E-state index is 0.691. The highest BCUT2D eigenvalue weighted by Crippen LogP contribution is 2.30. The fourth-order valence-electron chi connectivity index (χ4n) is 2.24. The molecule has 0 saturated carbocycles. The number of nitriles is 1. The third-order valence-electron chi connectivity index (χ3n) is 3.17. The number of benzene rings is 1. The first-order valence-corrected chi connectivity index (χ1v) is 7.93. The monoisotopic (exact) mass is 297 g/mol. The summed E-state index contributed by atoms with van der Waals surface area (Å²) in [6.45, 7) is 4.78. The van der Waals surface area contributed by atoms with Crippen molar-refractivity contribution in [2.45, 2.75) is 25.3 Å². The molecule has 21 heavy (non-hydrogen) atoms. The van der Waals surface area contributed by atoms with E-state index in [2.05, 4.69) is 22.9 Å². The van der Waals surface area contributed by atoms with E-state index in [4.69, 9.17) is 0 Å². The molecule has 0 amide bonds. The van der Waals surface area contributed by atoms with E-state index in [1.807, 2.05) is 50.4 Å². The van der Waals surface area contributed by atoms with E-state index in [1.54, 1.807) is 11.8 Å². The number of aryl methyl sites for hydroxylation is 1. The molecule has 1 heterocycles. The maximum absolute atomic E-state index is 9.48. The van der Waals surface area contributed by atoms with Crippen molar-refractivity contribution >= 4 is 17.4 Å². The molecule has 0 saturated heterocycles. The van der Waals surface area contributed by atoms with Gasteiger partial charge in [0.2, 0.25) is 0 Å². The smallest absolute Gasteiger partial charge is 0.103 e. The lowest BCUT2D eigenvalue weighted by atomic mass is 10.1. The first kappa shape index (κ1) is 15.4. The molecular weight excluding hydrogens is 278 g/mol. The molecule has 1 aromatic heterocycles. The largest absolute Gasteiger partial charge is 0.368 e. The van der Waals surface area contributed by atoms with Gasteiger partial charge in [0.25, 0.3) is 0 Å². The molecule has 0 aliphatic rings. The van der Waals surface area contributed by atoms with Crippen molar-refractivity contribution in [3.63, 3.8) is 0 Å². The van der Waals surface area contributed by atoms with Crippen LogP contribution < -0.4 is 4.90 Å². The summed E-state index contributed by atoms with van der Waals surface area (Å²) < 4.78 is 0. The van der Waals surface area contributed by atoms with Crippen LogP contribution >= 0.6 is 11.8 Å². The van der Waals surface area contributed by atoms with E-state index in [0.717, 1.165) is 33.3 Å². The highest BCUT2D eigenvalue weighted by molar-refractivity contribution is 7.99. The van der Waals surface area contributed by atoms with E-state index in [0.29, 0.717) is 6.54 Å². The zero-order valence-electron chi connectivity index (χ0n) is 12.6. The number of nitrogens with zero attached hydrogens (tertiary/aromatic N) is 3. The van der Waals surface area contributed by atoms with Crippen molar-refractivity contribution in [2.24, 2.45) is 0 Å². The second kappa shape index (κ2) is 7.14. The number of pyridine rings is 1. The lowest BCUT2D eigenvalue weighted by Gasteiger charge is -2.21. The Morgan fingerprint density at radius 3 is 2.67 bits per heavy atom. The van der Waals surface area contributed by atoms with Gasteiger partial charge in [0.15, 0.2) is 0 Å². The quantitative estimate of drug-likeness (QED) is 0.782. The summed E-state index contributed by atoms with van der Waals surface area (Å²) in [5.74, 6) is 0.960. The molecular formula is C17H19N3S. The van der Waals surface area contributed by atoms with Gasteiger partial charge in [-0.2, -0.15) is 5.26 Å². The Morgan fingerprint density at radius 2 is 2.00 bits per heavy atom. The summed E-state index contributed by atoms with van der Waals surface area (Å²) in [6, 6.07) is 14.4. The van der Waals surface area contributed by atoms with Gasteiger partial charge in [0.05, 0.1) is 23.5 Å². The Morgan fingerprint density at radius 1 is 1.24 bits per heavy atom. The third kappa shape index (κ3) is 3.77.